The van der Waals surface area contributed by atoms with Gasteiger partial charge in [-0.3, -0.25) is 0 Å². The van der Waals surface area contributed by atoms with Gasteiger partial charge >= 0.3 is 267 Å². The van der Waals surface area contributed by atoms with Gasteiger partial charge in [-0.05, 0) is 0 Å². The summed E-state index contributed by atoms with van der Waals surface area (Å²) in [7, 11) is 0. The second-order valence-electron chi connectivity index (χ2n) is 13.8. The van der Waals surface area contributed by atoms with Gasteiger partial charge in [0, 0.05) is 0 Å². The summed E-state index contributed by atoms with van der Waals surface area (Å²) in [5, 5.41) is 0. The molecule has 2 unspecified atom stereocenters. The van der Waals surface area contributed by atoms with Crippen molar-refractivity contribution in [2.45, 2.75) is 75.0 Å². The molecule has 0 aliphatic heterocycles. The number of hydrogen-bond acceptors (Lipinski definition) is 0. The third kappa shape index (κ3) is 6.02. The smallest absolute Gasteiger partial charge is 1.00 e. The summed E-state index contributed by atoms with van der Waals surface area (Å²) in [5.41, 5.74) is 20.9. The summed E-state index contributed by atoms with van der Waals surface area (Å²) in [6.07, 6.45) is 5.13. The maximum absolute atomic E-state index is 2.58. The van der Waals surface area contributed by atoms with E-state index in [0.717, 1.165) is 0 Å². The monoisotopic (exact) mass is 696 g/mol. The Bertz CT molecular complexity index is 1730. The van der Waals surface area contributed by atoms with Crippen molar-refractivity contribution in [1.29, 1.82) is 0 Å². The third-order valence-corrected chi connectivity index (χ3v) is 14.9. The van der Waals surface area contributed by atoms with E-state index >= 15 is 0 Å². The predicted molar refractivity (Wildman–Crippen MR) is 179 cm³/mol. The number of rotatable bonds is 5. The summed E-state index contributed by atoms with van der Waals surface area (Å²) >= 11 is -0.978. The molecule has 0 fully saturated rings. The number of allylic oxidation sites excluding steroid dienone is 2. The van der Waals surface area contributed by atoms with Crippen molar-refractivity contribution in [3.8, 4) is 22.3 Å². The van der Waals surface area contributed by atoms with Crippen molar-refractivity contribution in [3.05, 3.63) is 128 Å². The molecule has 0 heterocycles. The summed E-state index contributed by atoms with van der Waals surface area (Å²) in [4.78, 5) is 0. The van der Waals surface area contributed by atoms with E-state index in [2.05, 4.69) is 147 Å². The normalized spacial score (nSPS) is 16.8. The van der Waals surface area contributed by atoms with Crippen LogP contribution in [0.3, 0.4) is 0 Å². The van der Waals surface area contributed by atoms with Gasteiger partial charge < -0.3 is 24.8 Å². The number of halogens is 2. The number of fused-ring (bicyclic) bond motifs is 2. The molecular formula is C41H44Cl2Zr. The molecule has 2 aliphatic rings. The zero-order chi connectivity index (χ0) is 29.9. The summed E-state index contributed by atoms with van der Waals surface area (Å²) in [6.45, 7) is 21.1. The molecule has 0 saturated heterocycles. The molecule has 44 heavy (non-hydrogen) atoms. The summed E-state index contributed by atoms with van der Waals surface area (Å²) < 4.78 is 1.19. The Hall–Kier alpha value is -2.18. The van der Waals surface area contributed by atoms with Gasteiger partial charge in [0.2, 0.25) is 0 Å². The summed E-state index contributed by atoms with van der Waals surface area (Å²) in [6, 6.07) is 27.5. The van der Waals surface area contributed by atoms with Crippen LogP contribution in [0.2, 0.25) is 0 Å². The van der Waals surface area contributed by atoms with Crippen molar-refractivity contribution < 1.29 is 48.0 Å². The maximum atomic E-state index is 2.58. The van der Waals surface area contributed by atoms with Gasteiger partial charge in [-0.25, -0.2) is 0 Å². The van der Waals surface area contributed by atoms with Crippen LogP contribution in [0.4, 0.5) is 0 Å². The van der Waals surface area contributed by atoms with Crippen LogP contribution in [0.5, 0.6) is 0 Å². The van der Waals surface area contributed by atoms with Crippen LogP contribution in [0, 0.1) is 26.7 Å². The van der Waals surface area contributed by atoms with E-state index in [-0.39, 0.29) is 30.2 Å². The standard InChI is InChI=1S/C22H25.C19H19.2ClH.Zr/c1-15(2)18-13-17-7-6-8-20(21(17)14-18)16-9-11-19(12-10-16)22(3,4)5;1-12-10-17-14(3)13(2)15(4)19(18(17)11-12)16-8-6-5-7-9-16;;;/h6-15H,1-5H3;5-11H,1-4H3;2*1H;/q;;;;+2/p-2. The van der Waals surface area contributed by atoms with Crippen LogP contribution in [-0.4, -0.2) is 0 Å². The minimum absolute atomic E-state index is 0. The first-order chi connectivity index (χ1) is 20.0. The van der Waals surface area contributed by atoms with E-state index in [9.17, 15) is 0 Å². The first-order valence-corrected chi connectivity index (χ1v) is 18.4. The van der Waals surface area contributed by atoms with E-state index in [1.807, 2.05) is 0 Å². The molecule has 2 aliphatic carbocycles. The minimum atomic E-state index is -0.978. The van der Waals surface area contributed by atoms with E-state index < -0.39 is 23.2 Å². The second kappa shape index (κ2) is 13.3. The van der Waals surface area contributed by atoms with E-state index in [1.54, 1.807) is 22.3 Å². The van der Waals surface area contributed by atoms with Crippen LogP contribution in [0.15, 0.2) is 83.9 Å². The number of benzene rings is 4. The average molecular weight is 699 g/mol. The molecule has 0 aromatic heterocycles. The van der Waals surface area contributed by atoms with Crippen molar-refractivity contribution in [2.75, 3.05) is 0 Å². The van der Waals surface area contributed by atoms with Gasteiger partial charge in [0.1, 0.15) is 0 Å². The average Bonchev–Trinajstić information content (AvgIpc) is 3.50. The molecule has 2 atom stereocenters. The van der Waals surface area contributed by atoms with E-state index in [0.29, 0.717) is 13.2 Å². The van der Waals surface area contributed by atoms with Crippen LogP contribution in [0.1, 0.15) is 93.3 Å². The molecule has 0 bridgehead atoms. The summed E-state index contributed by atoms with van der Waals surface area (Å²) in [5.74, 6) is 0.547. The molecule has 0 saturated carbocycles. The molecule has 0 amide bonds. The molecule has 4 aromatic carbocycles. The largest absolute Gasteiger partial charge is 1.00 e. The Morgan fingerprint density at radius 3 is 1.91 bits per heavy atom. The molecule has 0 radical (unpaired) electrons. The van der Waals surface area contributed by atoms with Gasteiger partial charge in [0.15, 0.2) is 0 Å². The zero-order valence-corrected chi connectivity index (χ0v) is 31.5. The maximum Gasteiger partial charge on any atom is -1.00 e. The molecule has 4 aromatic rings. The Balaban J connectivity index is 0.00000221. The fraction of sp³-hybridized carbons (Fsp3) is 0.317. The van der Waals surface area contributed by atoms with Gasteiger partial charge in [0.25, 0.3) is 0 Å². The first kappa shape index (κ1) is 34.7. The van der Waals surface area contributed by atoms with E-state index in [4.69, 9.17) is 0 Å². The van der Waals surface area contributed by atoms with Crippen LogP contribution in [-0.2, 0) is 28.6 Å². The molecule has 0 N–H and O–H groups in total. The zero-order valence-electron chi connectivity index (χ0n) is 27.6. The first-order valence-electron chi connectivity index (χ1n) is 15.6. The van der Waals surface area contributed by atoms with E-state index in [1.165, 1.54) is 55.6 Å². The van der Waals surface area contributed by atoms with Crippen LogP contribution >= 0.6 is 0 Å². The SMILES string of the molecule is CC1=Cc2c(-c3ccccc3)c(C)c(C)c(C)c2[CH]1[Zr+2][CH]1C(C(C)C)=Cc2c(-c3ccc(C(C)(C)C)cc3)cccc21.[Cl-].[Cl-]. The molecule has 226 valence electrons. The number of hydrogen-bond donors (Lipinski definition) is 0. The van der Waals surface area contributed by atoms with Crippen LogP contribution in [0.25, 0.3) is 34.4 Å². The second-order valence-corrected chi connectivity index (χ2v) is 17.5. The third-order valence-electron chi connectivity index (χ3n) is 9.80. The topological polar surface area (TPSA) is 0 Å². The Kier molecular flexibility index (Phi) is 10.5. The molecular weight excluding hydrogens is 655 g/mol. The fourth-order valence-electron chi connectivity index (χ4n) is 7.14. The van der Waals surface area contributed by atoms with Crippen molar-refractivity contribution in [3.63, 3.8) is 0 Å². The fourth-order valence-corrected chi connectivity index (χ4v) is 12.7. The van der Waals surface area contributed by atoms with Crippen LogP contribution < -0.4 is 24.8 Å². The van der Waals surface area contributed by atoms with Gasteiger partial charge in [-0.15, -0.1) is 0 Å². The molecule has 3 heteroatoms. The van der Waals surface area contributed by atoms with Crippen molar-refractivity contribution >= 4 is 12.2 Å². The predicted octanol–water partition coefficient (Wildman–Crippen LogP) is 5.59. The van der Waals surface area contributed by atoms with Gasteiger partial charge in [-0.2, -0.15) is 0 Å². The Labute approximate surface area is 289 Å². The minimum Gasteiger partial charge on any atom is -1.00 e. The molecule has 0 spiro atoms. The Morgan fingerprint density at radius 1 is 0.636 bits per heavy atom. The van der Waals surface area contributed by atoms with Gasteiger partial charge in [0.05, 0.1) is 0 Å². The van der Waals surface area contributed by atoms with Gasteiger partial charge in [-0.1, -0.05) is 0 Å². The Morgan fingerprint density at radius 2 is 1.30 bits per heavy atom. The van der Waals surface area contributed by atoms with Crippen molar-refractivity contribution in [2.24, 2.45) is 5.92 Å². The van der Waals surface area contributed by atoms with Crippen molar-refractivity contribution in [1.82, 2.24) is 0 Å². The quantitative estimate of drug-likeness (QED) is 0.255. The molecule has 6 rings (SSSR count). The molecule has 0 nitrogen and oxygen atoms in total.